The van der Waals surface area contributed by atoms with Gasteiger partial charge in [-0.15, -0.1) is 6.54 Å². The van der Waals surface area contributed by atoms with Gasteiger partial charge in [-0.2, -0.15) is 7.05 Å². The Morgan fingerprint density at radius 2 is 1.80 bits per heavy atom. The molecule has 0 fully saturated rings. The van der Waals surface area contributed by atoms with Crippen LogP contribution in [0.3, 0.4) is 0 Å². The minimum Gasteiger partial charge on any atom is -0.661 e. The number of ketones is 1. The number of Topliss-reactive ketones (excluding diaryl/α,β-unsaturated/α-hetero) is 1. The minimum atomic E-state index is 0. The van der Waals surface area contributed by atoms with Gasteiger partial charge < -0.3 is 5.32 Å². The molecule has 15 heavy (non-hydrogen) atoms. The van der Waals surface area contributed by atoms with Crippen molar-refractivity contribution in [3.63, 3.8) is 0 Å². The van der Waals surface area contributed by atoms with E-state index in [1.807, 2.05) is 38.1 Å². The van der Waals surface area contributed by atoms with Crippen molar-refractivity contribution in [1.29, 1.82) is 0 Å². The van der Waals surface area contributed by atoms with Crippen LogP contribution in [0.5, 0.6) is 0 Å². The van der Waals surface area contributed by atoms with Gasteiger partial charge in [0, 0.05) is 5.56 Å². The fraction of sp³-hybridized carbons (Fsp3) is 0.417. The maximum atomic E-state index is 11.1. The Bertz CT molecular complexity index is 287. The number of nitrogens with zero attached hydrogens (tertiary/aromatic N) is 1. The van der Waals surface area contributed by atoms with E-state index in [2.05, 4.69) is 5.32 Å². The van der Waals surface area contributed by atoms with Gasteiger partial charge in [0.25, 0.3) is 0 Å². The summed E-state index contributed by atoms with van der Waals surface area (Å²) in [4.78, 5) is 11.1. The minimum absolute atomic E-state index is 0. The van der Waals surface area contributed by atoms with Crippen molar-refractivity contribution in [2.24, 2.45) is 0 Å². The standard InChI is InChI=1S/C10H12NO.C2H6.K/c1-8(12)10-6-4-3-5-9(10)7-11-2;1-2;/h3-6H,7H2,1-2H3;1-2H3;/q-1;;+1. The zero-order valence-corrected chi connectivity index (χ0v) is 13.5. The van der Waals surface area contributed by atoms with Crippen LogP contribution in [-0.2, 0) is 6.54 Å². The van der Waals surface area contributed by atoms with Crippen LogP contribution in [0.1, 0.15) is 36.7 Å². The van der Waals surface area contributed by atoms with Crippen molar-refractivity contribution in [3.05, 3.63) is 40.7 Å². The molecule has 0 unspecified atom stereocenters. The van der Waals surface area contributed by atoms with E-state index in [4.69, 9.17) is 0 Å². The summed E-state index contributed by atoms with van der Waals surface area (Å²) in [5.74, 6) is 0.106. The Balaban J connectivity index is 0. The Hall–Kier alpha value is 0.486. The molecule has 0 heterocycles. The number of carbonyl (C=O) groups is 1. The largest absolute Gasteiger partial charge is 1.00 e. The molecule has 3 heteroatoms. The fourth-order valence-corrected chi connectivity index (χ4v) is 1.17. The normalized spacial score (nSPS) is 8.27. The molecular formula is C12H18KNO. The predicted octanol–water partition coefficient (Wildman–Crippen LogP) is 0.423. The second-order valence-corrected chi connectivity index (χ2v) is 2.69. The third-order valence-electron chi connectivity index (χ3n) is 1.73. The van der Waals surface area contributed by atoms with Crippen LogP contribution in [0, 0.1) is 0 Å². The van der Waals surface area contributed by atoms with Crippen molar-refractivity contribution in [1.82, 2.24) is 0 Å². The summed E-state index contributed by atoms with van der Waals surface area (Å²) in [6.07, 6.45) is 0. The van der Waals surface area contributed by atoms with Crippen molar-refractivity contribution < 1.29 is 56.2 Å². The number of hydrogen-bond donors (Lipinski definition) is 0. The van der Waals surface area contributed by atoms with E-state index in [1.165, 1.54) is 0 Å². The summed E-state index contributed by atoms with van der Waals surface area (Å²) in [5, 5.41) is 4.00. The summed E-state index contributed by atoms with van der Waals surface area (Å²) in [6, 6.07) is 7.56. The van der Waals surface area contributed by atoms with E-state index in [-0.39, 0.29) is 57.2 Å². The van der Waals surface area contributed by atoms with E-state index in [1.54, 1.807) is 14.0 Å². The van der Waals surface area contributed by atoms with Gasteiger partial charge in [-0.05, 0) is 6.92 Å². The van der Waals surface area contributed by atoms with Crippen LogP contribution in [0.2, 0.25) is 0 Å². The first kappa shape index (κ1) is 17.9. The molecular weight excluding hydrogens is 213 g/mol. The van der Waals surface area contributed by atoms with Crippen LogP contribution >= 0.6 is 0 Å². The Kier molecular flexibility index (Phi) is 13.1. The molecule has 0 saturated carbocycles. The van der Waals surface area contributed by atoms with Gasteiger partial charge in [-0.3, -0.25) is 4.79 Å². The van der Waals surface area contributed by atoms with E-state index >= 15 is 0 Å². The summed E-state index contributed by atoms with van der Waals surface area (Å²) >= 11 is 0. The summed E-state index contributed by atoms with van der Waals surface area (Å²) in [5.41, 5.74) is 1.79. The topological polar surface area (TPSA) is 31.2 Å². The van der Waals surface area contributed by atoms with E-state index in [9.17, 15) is 4.79 Å². The SMILES string of the molecule is CC.C[N-]Cc1ccccc1C(C)=O.[K+]. The molecule has 0 atom stereocenters. The molecule has 0 amide bonds. The first-order chi connectivity index (χ1) is 6.75. The molecule has 1 rings (SSSR count). The molecule has 0 N–H and O–H groups in total. The smallest absolute Gasteiger partial charge is 0.661 e. The van der Waals surface area contributed by atoms with Gasteiger partial charge in [0.05, 0.1) is 0 Å². The monoisotopic (exact) mass is 231 g/mol. The van der Waals surface area contributed by atoms with Crippen LogP contribution in [0.15, 0.2) is 24.3 Å². The number of carbonyl (C=O) groups excluding carboxylic acids is 1. The Morgan fingerprint density at radius 1 is 1.27 bits per heavy atom. The molecule has 78 valence electrons. The molecule has 0 spiro atoms. The molecule has 0 aromatic heterocycles. The Morgan fingerprint density at radius 3 is 2.27 bits per heavy atom. The third kappa shape index (κ3) is 6.61. The third-order valence-corrected chi connectivity index (χ3v) is 1.73. The van der Waals surface area contributed by atoms with Crippen molar-refractivity contribution in [2.75, 3.05) is 7.05 Å². The van der Waals surface area contributed by atoms with Crippen LogP contribution < -0.4 is 51.4 Å². The van der Waals surface area contributed by atoms with Gasteiger partial charge >= 0.3 is 51.4 Å². The van der Waals surface area contributed by atoms with Gasteiger partial charge in [-0.25, -0.2) is 0 Å². The molecule has 2 nitrogen and oxygen atoms in total. The molecule has 0 radical (unpaired) electrons. The van der Waals surface area contributed by atoms with Crippen LogP contribution in [-0.4, -0.2) is 12.8 Å². The molecule has 1 aromatic rings. The molecule has 0 saturated heterocycles. The molecule has 0 aliphatic carbocycles. The zero-order chi connectivity index (χ0) is 11.0. The first-order valence-electron chi connectivity index (χ1n) is 4.90. The summed E-state index contributed by atoms with van der Waals surface area (Å²) < 4.78 is 0. The predicted molar refractivity (Wildman–Crippen MR) is 60.8 cm³/mol. The first-order valence-corrected chi connectivity index (χ1v) is 4.90. The van der Waals surface area contributed by atoms with Gasteiger partial charge in [0.15, 0.2) is 5.78 Å². The van der Waals surface area contributed by atoms with Gasteiger partial charge in [0.2, 0.25) is 0 Å². The average molecular weight is 231 g/mol. The quantitative estimate of drug-likeness (QED) is 0.548. The van der Waals surface area contributed by atoms with Gasteiger partial charge in [-0.1, -0.05) is 43.7 Å². The van der Waals surface area contributed by atoms with Gasteiger partial charge in [0.1, 0.15) is 0 Å². The Labute approximate surface area is 135 Å². The second kappa shape index (κ2) is 11.0. The molecule has 0 aliphatic heterocycles. The summed E-state index contributed by atoms with van der Waals surface area (Å²) in [6.45, 7) is 6.20. The number of hydrogen-bond acceptors (Lipinski definition) is 1. The molecule has 1 aromatic carbocycles. The van der Waals surface area contributed by atoms with Crippen LogP contribution in [0.4, 0.5) is 0 Å². The van der Waals surface area contributed by atoms with Crippen LogP contribution in [0.25, 0.3) is 5.32 Å². The number of benzene rings is 1. The fourth-order valence-electron chi connectivity index (χ4n) is 1.17. The maximum absolute atomic E-state index is 11.1. The van der Waals surface area contributed by atoms with E-state index in [0.29, 0.717) is 6.54 Å². The van der Waals surface area contributed by atoms with E-state index in [0.717, 1.165) is 11.1 Å². The maximum Gasteiger partial charge on any atom is 1.00 e. The zero-order valence-electron chi connectivity index (χ0n) is 10.4. The molecule has 0 bridgehead atoms. The van der Waals surface area contributed by atoms with Crippen molar-refractivity contribution >= 4 is 5.78 Å². The summed E-state index contributed by atoms with van der Waals surface area (Å²) in [7, 11) is 1.75. The number of rotatable bonds is 3. The van der Waals surface area contributed by atoms with Crippen molar-refractivity contribution in [2.45, 2.75) is 27.3 Å². The van der Waals surface area contributed by atoms with E-state index < -0.39 is 0 Å². The molecule has 0 aliphatic rings. The second-order valence-electron chi connectivity index (χ2n) is 2.69. The average Bonchev–Trinajstić information content (AvgIpc) is 2.22. The van der Waals surface area contributed by atoms with Crippen molar-refractivity contribution in [3.8, 4) is 0 Å².